The molecular formula is C11H12N2. The number of aromatic nitrogens is 1. The maximum atomic E-state index is 5.53. The minimum absolute atomic E-state index is 0.504. The number of fused-ring (bicyclic) bond motifs is 1. The average Bonchev–Trinajstić information content (AvgIpc) is 2.18. The monoisotopic (exact) mass is 172 g/mol. The molecule has 0 saturated carbocycles. The molecule has 2 nitrogen and oxygen atoms in total. The molecule has 0 spiro atoms. The van der Waals surface area contributed by atoms with Gasteiger partial charge in [-0.3, -0.25) is 4.98 Å². The standard InChI is InChI=1S/C11H12N2/c1-8-3-2-4-9-7-13-10(6-12)5-11(8)9/h2-5,7H,6,12H2,1H3. The zero-order valence-electron chi connectivity index (χ0n) is 7.62. The third-order valence-electron chi connectivity index (χ3n) is 2.25. The predicted octanol–water partition coefficient (Wildman–Crippen LogP) is 2.00. The highest BCUT2D eigenvalue weighted by molar-refractivity contribution is 5.85. The van der Waals surface area contributed by atoms with E-state index >= 15 is 0 Å². The molecule has 1 heterocycles. The minimum Gasteiger partial charge on any atom is -0.325 e. The van der Waals surface area contributed by atoms with E-state index in [-0.39, 0.29) is 0 Å². The summed E-state index contributed by atoms with van der Waals surface area (Å²) < 4.78 is 0. The van der Waals surface area contributed by atoms with Crippen molar-refractivity contribution in [3.8, 4) is 0 Å². The van der Waals surface area contributed by atoms with Crippen LogP contribution in [-0.4, -0.2) is 4.98 Å². The summed E-state index contributed by atoms with van der Waals surface area (Å²) in [7, 11) is 0. The molecule has 0 aliphatic carbocycles. The van der Waals surface area contributed by atoms with Crippen molar-refractivity contribution in [1.82, 2.24) is 4.98 Å². The van der Waals surface area contributed by atoms with Gasteiger partial charge in [-0.2, -0.15) is 0 Å². The summed E-state index contributed by atoms with van der Waals surface area (Å²) in [6.07, 6.45) is 1.88. The van der Waals surface area contributed by atoms with E-state index in [4.69, 9.17) is 5.73 Å². The first-order chi connectivity index (χ1) is 6.31. The smallest absolute Gasteiger partial charge is 0.0545 e. The van der Waals surface area contributed by atoms with Crippen LogP contribution in [0.15, 0.2) is 30.5 Å². The van der Waals surface area contributed by atoms with Crippen LogP contribution < -0.4 is 5.73 Å². The Morgan fingerprint density at radius 2 is 2.23 bits per heavy atom. The summed E-state index contributed by atoms with van der Waals surface area (Å²) in [6, 6.07) is 8.27. The van der Waals surface area contributed by atoms with E-state index in [2.05, 4.69) is 30.1 Å². The fourth-order valence-electron chi connectivity index (χ4n) is 1.48. The first-order valence-electron chi connectivity index (χ1n) is 4.35. The van der Waals surface area contributed by atoms with E-state index in [1.807, 2.05) is 12.3 Å². The van der Waals surface area contributed by atoms with E-state index in [1.165, 1.54) is 16.3 Å². The zero-order valence-corrected chi connectivity index (χ0v) is 7.62. The molecule has 2 rings (SSSR count). The van der Waals surface area contributed by atoms with Crippen LogP contribution in [0.4, 0.5) is 0 Å². The Labute approximate surface area is 77.4 Å². The number of hydrogen-bond donors (Lipinski definition) is 1. The van der Waals surface area contributed by atoms with Gasteiger partial charge in [0.25, 0.3) is 0 Å². The summed E-state index contributed by atoms with van der Waals surface area (Å²) in [6.45, 7) is 2.60. The van der Waals surface area contributed by atoms with Gasteiger partial charge in [0.1, 0.15) is 0 Å². The van der Waals surface area contributed by atoms with Gasteiger partial charge in [-0.15, -0.1) is 0 Å². The van der Waals surface area contributed by atoms with E-state index in [1.54, 1.807) is 0 Å². The van der Waals surface area contributed by atoms with Crippen LogP contribution in [0, 0.1) is 6.92 Å². The van der Waals surface area contributed by atoms with Crippen molar-refractivity contribution in [2.24, 2.45) is 5.73 Å². The van der Waals surface area contributed by atoms with Crippen molar-refractivity contribution >= 4 is 10.8 Å². The normalized spacial score (nSPS) is 10.6. The number of hydrogen-bond acceptors (Lipinski definition) is 2. The molecular weight excluding hydrogens is 160 g/mol. The molecule has 1 aromatic heterocycles. The molecule has 0 atom stereocenters. The molecule has 0 fully saturated rings. The third-order valence-corrected chi connectivity index (χ3v) is 2.25. The second-order valence-electron chi connectivity index (χ2n) is 3.18. The van der Waals surface area contributed by atoms with Gasteiger partial charge in [0.15, 0.2) is 0 Å². The van der Waals surface area contributed by atoms with Gasteiger partial charge in [0.2, 0.25) is 0 Å². The summed E-state index contributed by atoms with van der Waals surface area (Å²) in [5, 5.41) is 2.43. The van der Waals surface area contributed by atoms with Gasteiger partial charge in [-0.05, 0) is 23.9 Å². The van der Waals surface area contributed by atoms with Crippen LogP contribution in [0.25, 0.3) is 10.8 Å². The molecule has 2 heteroatoms. The van der Waals surface area contributed by atoms with Crippen LogP contribution >= 0.6 is 0 Å². The summed E-state index contributed by atoms with van der Waals surface area (Å²) in [4.78, 5) is 4.24. The Balaban J connectivity index is 2.74. The van der Waals surface area contributed by atoms with Crippen LogP contribution in [0.2, 0.25) is 0 Å². The summed E-state index contributed by atoms with van der Waals surface area (Å²) >= 11 is 0. The molecule has 13 heavy (non-hydrogen) atoms. The van der Waals surface area contributed by atoms with Crippen molar-refractivity contribution in [3.63, 3.8) is 0 Å². The van der Waals surface area contributed by atoms with E-state index in [0.29, 0.717) is 6.54 Å². The minimum atomic E-state index is 0.504. The van der Waals surface area contributed by atoms with Gasteiger partial charge >= 0.3 is 0 Å². The Morgan fingerprint density at radius 3 is 3.00 bits per heavy atom. The van der Waals surface area contributed by atoms with Crippen molar-refractivity contribution < 1.29 is 0 Å². The number of rotatable bonds is 1. The van der Waals surface area contributed by atoms with Crippen LogP contribution in [0.1, 0.15) is 11.3 Å². The molecule has 66 valence electrons. The second-order valence-corrected chi connectivity index (χ2v) is 3.18. The van der Waals surface area contributed by atoms with Crippen LogP contribution in [0.5, 0.6) is 0 Å². The average molecular weight is 172 g/mol. The summed E-state index contributed by atoms with van der Waals surface area (Å²) in [5.74, 6) is 0. The molecule has 2 N–H and O–H groups in total. The maximum Gasteiger partial charge on any atom is 0.0545 e. The SMILES string of the molecule is Cc1cccc2cnc(CN)cc12. The number of nitrogens with two attached hydrogens (primary N) is 1. The van der Waals surface area contributed by atoms with Crippen LogP contribution in [-0.2, 0) is 6.54 Å². The quantitative estimate of drug-likeness (QED) is 0.714. The lowest BCUT2D eigenvalue weighted by atomic mass is 10.1. The molecule has 0 aliphatic rings. The summed E-state index contributed by atoms with van der Waals surface area (Å²) in [5.41, 5.74) is 7.75. The highest BCUT2D eigenvalue weighted by atomic mass is 14.7. The lowest BCUT2D eigenvalue weighted by Crippen LogP contribution is -1.98. The van der Waals surface area contributed by atoms with E-state index < -0.39 is 0 Å². The Kier molecular flexibility index (Phi) is 1.99. The molecule has 0 bridgehead atoms. The third kappa shape index (κ3) is 1.40. The van der Waals surface area contributed by atoms with Gasteiger partial charge in [-0.1, -0.05) is 18.2 Å². The Hall–Kier alpha value is -1.41. The first-order valence-corrected chi connectivity index (χ1v) is 4.35. The van der Waals surface area contributed by atoms with Crippen molar-refractivity contribution in [1.29, 1.82) is 0 Å². The molecule has 0 amide bonds. The zero-order chi connectivity index (χ0) is 9.26. The molecule has 1 aromatic carbocycles. The second kappa shape index (κ2) is 3.15. The van der Waals surface area contributed by atoms with Crippen molar-refractivity contribution in [2.45, 2.75) is 13.5 Å². The van der Waals surface area contributed by atoms with Crippen molar-refractivity contribution in [3.05, 3.63) is 41.7 Å². The number of aryl methyl sites for hydroxylation is 1. The highest BCUT2D eigenvalue weighted by Gasteiger charge is 1.98. The fourth-order valence-corrected chi connectivity index (χ4v) is 1.48. The first kappa shape index (κ1) is 8.20. The van der Waals surface area contributed by atoms with E-state index in [0.717, 1.165) is 5.69 Å². The van der Waals surface area contributed by atoms with E-state index in [9.17, 15) is 0 Å². The molecule has 0 radical (unpaired) electrons. The van der Waals surface area contributed by atoms with Gasteiger partial charge in [-0.25, -0.2) is 0 Å². The Bertz CT molecular complexity index is 435. The topological polar surface area (TPSA) is 38.9 Å². The van der Waals surface area contributed by atoms with Gasteiger partial charge < -0.3 is 5.73 Å². The van der Waals surface area contributed by atoms with Crippen molar-refractivity contribution in [2.75, 3.05) is 0 Å². The van der Waals surface area contributed by atoms with Crippen LogP contribution in [0.3, 0.4) is 0 Å². The lowest BCUT2D eigenvalue weighted by molar-refractivity contribution is 0.997. The number of pyridine rings is 1. The lowest BCUT2D eigenvalue weighted by Gasteiger charge is -2.02. The molecule has 0 unspecified atom stereocenters. The predicted molar refractivity (Wildman–Crippen MR) is 54.4 cm³/mol. The highest BCUT2D eigenvalue weighted by Crippen LogP contribution is 2.17. The number of benzene rings is 1. The maximum absolute atomic E-state index is 5.53. The molecule has 0 saturated heterocycles. The largest absolute Gasteiger partial charge is 0.325 e. The van der Waals surface area contributed by atoms with Gasteiger partial charge in [0.05, 0.1) is 5.69 Å². The van der Waals surface area contributed by atoms with Gasteiger partial charge in [0, 0.05) is 18.1 Å². The fraction of sp³-hybridized carbons (Fsp3) is 0.182. The number of nitrogens with zero attached hydrogens (tertiary/aromatic N) is 1. The Morgan fingerprint density at radius 1 is 1.38 bits per heavy atom. The molecule has 2 aromatic rings. The molecule has 0 aliphatic heterocycles.